The van der Waals surface area contributed by atoms with Crippen LogP contribution in [-0.2, 0) is 0 Å². The van der Waals surface area contributed by atoms with E-state index in [1.807, 2.05) is 37.3 Å². The molecule has 6 heteroatoms. The fraction of sp³-hybridized carbons (Fsp3) is 0.286. The van der Waals surface area contributed by atoms with Gasteiger partial charge in [0.2, 0.25) is 0 Å². The van der Waals surface area contributed by atoms with Crippen molar-refractivity contribution < 1.29 is 4.74 Å². The third-order valence-electron chi connectivity index (χ3n) is 4.87. The van der Waals surface area contributed by atoms with Crippen LogP contribution in [0.25, 0.3) is 10.9 Å². The van der Waals surface area contributed by atoms with E-state index in [0.29, 0.717) is 10.6 Å². The van der Waals surface area contributed by atoms with E-state index in [-0.39, 0.29) is 6.10 Å². The van der Waals surface area contributed by atoms with Gasteiger partial charge in [-0.2, -0.15) is 5.26 Å². The molecule has 1 saturated heterocycles. The molecule has 27 heavy (non-hydrogen) atoms. The lowest BCUT2D eigenvalue weighted by molar-refractivity contribution is 0.170. The molecule has 0 aliphatic carbocycles. The number of benzene rings is 1. The maximum Gasteiger partial charge on any atom is 0.138 e. The number of halogens is 1. The first-order chi connectivity index (χ1) is 13.1. The molecule has 0 bridgehead atoms. The topological polar surface area (TPSA) is 62.0 Å². The first-order valence-electron chi connectivity index (χ1n) is 8.96. The molecule has 1 fully saturated rings. The molecule has 1 aromatic carbocycles. The van der Waals surface area contributed by atoms with Gasteiger partial charge >= 0.3 is 0 Å². The van der Waals surface area contributed by atoms with Gasteiger partial charge in [-0.1, -0.05) is 11.6 Å². The lowest BCUT2D eigenvalue weighted by Crippen LogP contribution is -2.38. The first-order valence-corrected chi connectivity index (χ1v) is 9.34. The lowest BCUT2D eigenvalue weighted by atomic mass is 10.0. The summed E-state index contributed by atoms with van der Waals surface area (Å²) in [5.74, 6) is 0.804. The van der Waals surface area contributed by atoms with E-state index in [1.165, 1.54) is 0 Å². The number of hydrogen-bond acceptors (Lipinski definition) is 5. The number of aryl methyl sites for hydroxylation is 1. The molecule has 1 aliphatic heterocycles. The SMILES string of the molecule is Cc1ccc(OC2CCN(c3c(C#N)cnc4ccc(Cl)cc34)CC2)cn1. The zero-order chi connectivity index (χ0) is 18.8. The smallest absolute Gasteiger partial charge is 0.138 e. The van der Waals surface area contributed by atoms with Crippen molar-refractivity contribution in [3.63, 3.8) is 0 Å². The number of fused-ring (bicyclic) bond motifs is 1. The molecule has 3 aromatic rings. The van der Waals surface area contributed by atoms with E-state index in [2.05, 4.69) is 20.9 Å². The summed E-state index contributed by atoms with van der Waals surface area (Å²) in [7, 11) is 0. The molecule has 0 amide bonds. The average Bonchev–Trinajstić information content (AvgIpc) is 2.69. The summed E-state index contributed by atoms with van der Waals surface area (Å²) in [5.41, 5.74) is 3.31. The van der Waals surface area contributed by atoms with Gasteiger partial charge in [0.05, 0.1) is 23.0 Å². The van der Waals surface area contributed by atoms with Gasteiger partial charge in [-0.15, -0.1) is 0 Å². The van der Waals surface area contributed by atoms with Crippen LogP contribution in [0, 0.1) is 18.3 Å². The summed E-state index contributed by atoms with van der Waals surface area (Å²) in [4.78, 5) is 10.9. The normalized spacial score (nSPS) is 14.9. The van der Waals surface area contributed by atoms with Crippen LogP contribution in [-0.4, -0.2) is 29.2 Å². The molecule has 0 atom stereocenters. The summed E-state index contributed by atoms with van der Waals surface area (Å²) in [6.45, 7) is 3.58. The van der Waals surface area contributed by atoms with E-state index in [1.54, 1.807) is 12.4 Å². The van der Waals surface area contributed by atoms with E-state index in [9.17, 15) is 5.26 Å². The van der Waals surface area contributed by atoms with Crippen LogP contribution < -0.4 is 9.64 Å². The van der Waals surface area contributed by atoms with E-state index < -0.39 is 0 Å². The van der Waals surface area contributed by atoms with Gasteiger partial charge in [-0.05, 0) is 37.3 Å². The molecular weight excluding hydrogens is 360 g/mol. The minimum Gasteiger partial charge on any atom is -0.489 e. The van der Waals surface area contributed by atoms with E-state index in [0.717, 1.165) is 54.0 Å². The minimum atomic E-state index is 0.146. The van der Waals surface area contributed by atoms with Crippen molar-refractivity contribution in [1.82, 2.24) is 9.97 Å². The number of hydrogen-bond donors (Lipinski definition) is 0. The predicted octanol–water partition coefficient (Wildman–Crippen LogP) is 4.51. The Bertz CT molecular complexity index is 1010. The summed E-state index contributed by atoms with van der Waals surface area (Å²) in [6, 6.07) is 11.8. The van der Waals surface area contributed by atoms with Gasteiger partial charge in [-0.25, -0.2) is 0 Å². The highest BCUT2D eigenvalue weighted by molar-refractivity contribution is 6.31. The molecule has 4 rings (SSSR count). The molecule has 0 spiro atoms. The maximum absolute atomic E-state index is 9.57. The highest BCUT2D eigenvalue weighted by Crippen LogP contribution is 2.33. The van der Waals surface area contributed by atoms with Crippen molar-refractivity contribution in [3.8, 4) is 11.8 Å². The Kier molecular flexibility index (Phi) is 4.83. The van der Waals surface area contributed by atoms with Crippen molar-refractivity contribution in [2.45, 2.75) is 25.9 Å². The molecule has 5 nitrogen and oxygen atoms in total. The number of pyridine rings is 2. The zero-order valence-corrected chi connectivity index (χ0v) is 15.8. The summed E-state index contributed by atoms with van der Waals surface area (Å²) >= 11 is 6.19. The third kappa shape index (κ3) is 3.67. The van der Waals surface area contributed by atoms with Crippen LogP contribution in [0.1, 0.15) is 24.1 Å². The number of ether oxygens (including phenoxy) is 1. The molecule has 0 N–H and O–H groups in total. The largest absolute Gasteiger partial charge is 0.489 e. The zero-order valence-electron chi connectivity index (χ0n) is 15.0. The quantitative estimate of drug-likeness (QED) is 0.671. The predicted molar refractivity (Wildman–Crippen MR) is 106 cm³/mol. The van der Waals surface area contributed by atoms with Crippen LogP contribution in [0.5, 0.6) is 5.75 Å². The van der Waals surface area contributed by atoms with Crippen LogP contribution in [0.4, 0.5) is 5.69 Å². The molecule has 0 radical (unpaired) electrons. The third-order valence-corrected chi connectivity index (χ3v) is 5.10. The fourth-order valence-corrected chi connectivity index (χ4v) is 3.66. The Balaban J connectivity index is 1.55. The maximum atomic E-state index is 9.57. The van der Waals surface area contributed by atoms with Gasteiger partial charge in [0.25, 0.3) is 0 Å². The monoisotopic (exact) mass is 378 g/mol. The molecule has 1 aliphatic rings. The minimum absolute atomic E-state index is 0.146. The second-order valence-corrected chi connectivity index (χ2v) is 7.17. The van der Waals surface area contributed by atoms with E-state index in [4.69, 9.17) is 16.3 Å². The van der Waals surface area contributed by atoms with Crippen molar-refractivity contribution in [1.29, 1.82) is 5.26 Å². The van der Waals surface area contributed by atoms with Gasteiger partial charge in [0, 0.05) is 48.2 Å². The van der Waals surface area contributed by atoms with Gasteiger partial charge in [0.15, 0.2) is 0 Å². The van der Waals surface area contributed by atoms with Crippen LogP contribution in [0.2, 0.25) is 5.02 Å². The number of anilines is 1. The van der Waals surface area contributed by atoms with Crippen molar-refractivity contribution in [2.24, 2.45) is 0 Å². The lowest BCUT2D eigenvalue weighted by Gasteiger charge is -2.34. The summed E-state index contributed by atoms with van der Waals surface area (Å²) in [5, 5.41) is 11.1. The molecule has 0 saturated carbocycles. The Labute approximate surface area is 163 Å². The standard InChI is InChI=1S/C21H19ClN4O/c1-14-2-4-18(13-24-14)27-17-6-8-26(9-7-17)21-15(11-23)12-25-20-5-3-16(22)10-19(20)21/h2-5,10,12-13,17H,6-9H2,1H3. The Morgan fingerprint density at radius 3 is 2.67 bits per heavy atom. The number of nitrogens with zero attached hydrogens (tertiary/aromatic N) is 4. The van der Waals surface area contributed by atoms with E-state index >= 15 is 0 Å². The van der Waals surface area contributed by atoms with Gasteiger partial charge < -0.3 is 9.64 Å². The summed E-state index contributed by atoms with van der Waals surface area (Å²) in [6.07, 6.45) is 5.32. The van der Waals surface area contributed by atoms with Crippen LogP contribution in [0.15, 0.2) is 42.7 Å². The van der Waals surface area contributed by atoms with Crippen molar-refractivity contribution >= 4 is 28.2 Å². The van der Waals surface area contributed by atoms with Crippen molar-refractivity contribution in [3.05, 3.63) is 59.0 Å². The second kappa shape index (κ2) is 7.42. The van der Waals surface area contributed by atoms with Crippen LogP contribution >= 0.6 is 11.6 Å². The van der Waals surface area contributed by atoms with Gasteiger partial charge in [-0.3, -0.25) is 9.97 Å². The fourth-order valence-electron chi connectivity index (χ4n) is 3.49. The first kappa shape index (κ1) is 17.6. The van der Waals surface area contributed by atoms with Crippen molar-refractivity contribution in [2.75, 3.05) is 18.0 Å². The molecule has 0 unspecified atom stereocenters. The highest BCUT2D eigenvalue weighted by atomic mass is 35.5. The molecule has 2 aromatic heterocycles. The average molecular weight is 379 g/mol. The molecule has 3 heterocycles. The number of piperidine rings is 1. The van der Waals surface area contributed by atoms with Crippen LogP contribution in [0.3, 0.4) is 0 Å². The molecular formula is C21H19ClN4O. The second-order valence-electron chi connectivity index (χ2n) is 6.73. The summed E-state index contributed by atoms with van der Waals surface area (Å²) < 4.78 is 6.07. The number of rotatable bonds is 3. The van der Waals surface area contributed by atoms with Gasteiger partial charge in [0.1, 0.15) is 17.9 Å². The highest BCUT2D eigenvalue weighted by Gasteiger charge is 2.24. The molecule has 136 valence electrons. The Hall–Kier alpha value is -2.84. The number of aromatic nitrogens is 2. The number of nitriles is 1. The Morgan fingerprint density at radius 1 is 1.15 bits per heavy atom. The Morgan fingerprint density at radius 2 is 1.96 bits per heavy atom.